The van der Waals surface area contributed by atoms with E-state index in [9.17, 15) is 4.79 Å². The van der Waals surface area contributed by atoms with Crippen LogP contribution in [0.2, 0.25) is 0 Å². The van der Waals surface area contributed by atoms with E-state index in [4.69, 9.17) is 0 Å². The summed E-state index contributed by atoms with van der Waals surface area (Å²) in [6.45, 7) is 6.69. The summed E-state index contributed by atoms with van der Waals surface area (Å²) >= 11 is 0. The van der Waals surface area contributed by atoms with Gasteiger partial charge in [0.05, 0.1) is 0 Å². The molecule has 0 radical (unpaired) electrons. The molecule has 3 atom stereocenters. The Kier molecular flexibility index (Phi) is 5.35. The van der Waals surface area contributed by atoms with E-state index in [1.54, 1.807) is 0 Å². The Bertz CT molecular complexity index is 186. The average Bonchev–Trinajstić information content (AvgIpc) is 2.20. The lowest BCUT2D eigenvalue weighted by Crippen LogP contribution is -2.23. The molecular formula is C14H26O. The van der Waals surface area contributed by atoms with Crippen molar-refractivity contribution in [3.63, 3.8) is 0 Å². The van der Waals surface area contributed by atoms with Crippen LogP contribution in [0.15, 0.2) is 0 Å². The number of aldehydes is 1. The zero-order valence-electron chi connectivity index (χ0n) is 10.5. The van der Waals surface area contributed by atoms with Gasteiger partial charge in [0.25, 0.3) is 0 Å². The normalized spacial score (nSPS) is 29.1. The summed E-state index contributed by atoms with van der Waals surface area (Å²) in [5, 5.41) is 0. The van der Waals surface area contributed by atoms with Crippen molar-refractivity contribution in [2.45, 2.75) is 59.3 Å². The van der Waals surface area contributed by atoms with E-state index in [0.717, 1.165) is 30.5 Å². The first-order valence-corrected chi connectivity index (χ1v) is 6.58. The Labute approximate surface area is 94.6 Å². The van der Waals surface area contributed by atoms with Gasteiger partial charge in [-0.1, -0.05) is 46.5 Å². The van der Waals surface area contributed by atoms with Gasteiger partial charge in [0, 0.05) is 5.92 Å². The van der Waals surface area contributed by atoms with Crippen LogP contribution in [0.5, 0.6) is 0 Å². The summed E-state index contributed by atoms with van der Waals surface area (Å²) in [5.74, 6) is 2.78. The molecule has 0 amide bonds. The molecule has 0 aliphatic heterocycles. The maximum Gasteiger partial charge on any atom is 0.122 e. The fourth-order valence-corrected chi connectivity index (χ4v) is 3.04. The summed E-state index contributed by atoms with van der Waals surface area (Å²) in [7, 11) is 0. The SMILES string of the molecule is CC(C)CC1CCCCC1CC(C)C=O. The van der Waals surface area contributed by atoms with Gasteiger partial charge in [-0.15, -0.1) is 0 Å². The van der Waals surface area contributed by atoms with Crippen LogP contribution in [0.1, 0.15) is 59.3 Å². The van der Waals surface area contributed by atoms with Crippen LogP contribution in [-0.2, 0) is 4.79 Å². The number of hydrogen-bond donors (Lipinski definition) is 0. The second-order valence-electron chi connectivity index (χ2n) is 5.78. The van der Waals surface area contributed by atoms with Crippen LogP contribution >= 0.6 is 0 Å². The molecule has 1 saturated carbocycles. The maximum absolute atomic E-state index is 10.7. The highest BCUT2D eigenvalue weighted by molar-refractivity contribution is 5.52. The Morgan fingerprint density at radius 3 is 2.07 bits per heavy atom. The number of carbonyl (C=O) groups excluding carboxylic acids is 1. The van der Waals surface area contributed by atoms with E-state index in [1.807, 2.05) is 0 Å². The highest BCUT2D eigenvalue weighted by Gasteiger charge is 2.26. The first-order valence-electron chi connectivity index (χ1n) is 6.58. The third-order valence-corrected chi connectivity index (χ3v) is 3.75. The van der Waals surface area contributed by atoms with Crippen LogP contribution in [0, 0.1) is 23.7 Å². The number of hydrogen-bond acceptors (Lipinski definition) is 1. The summed E-state index contributed by atoms with van der Waals surface area (Å²) in [4.78, 5) is 10.7. The van der Waals surface area contributed by atoms with Gasteiger partial charge in [0.1, 0.15) is 6.29 Å². The van der Waals surface area contributed by atoms with Crippen molar-refractivity contribution < 1.29 is 4.79 Å². The predicted octanol–water partition coefficient (Wildman–Crippen LogP) is 4.06. The topological polar surface area (TPSA) is 17.1 Å². The summed E-state index contributed by atoms with van der Waals surface area (Å²) in [6.07, 6.45) is 9.15. The van der Waals surface area contributed by atoms with E-state index >= 15 is 0 Å². The molecule has 1 aliphatic rings. The van der Waals surface area contributed by atoms with Crippen LogP contribution in [-0.4, -0.2) is 6.29 Å². The molecule has 0 spiro atoms. The molecular weight excluding hydrogens is 184 g/mol. The first-order chi connectivity index (χ1) is 7.13. The molecule has 3 unspecified atom stereocenters. The van der Waals surface area contributed by atoms with Gasteiger partial charge in [0.15, 0.2) is 0 Å². The molecule has 0 N–H and O–H groups in total. The van der Waals surface area contributed by atoms with Gasteiger partial charge in [-0.25, -0.2) is 0 Å². The first kappa shape index (κ1) is 12.7. The standard InChI is InChI=1S/C14H26O/c1-11(2)8-13-6-4-5-7-14(13)9-12(3)10-15/h10-14H,4-9H2,1-3H3. The molecule has 1 nitrogen and oxygen atoms in total. The van der Waals surface area contributed by atoms with Crippen molar-refractivity contribution in [1.82, 2.24) is 0 Å². The van der Waals surface area contributed by atoms with E-state index in [1.165, 1.54) is 32.1 Å². The van der Waals surface area contributed by atoms with E-state index < -0.39 is 0 Å². The van der Waals surface area contributed by atoms with Crippen LogP contribution in [0.3, 0.4) is 0 Å². The molecule has 1 fully saturated rings. The minimum Gasteiger partial charge on any atom is -0.303 e. The molecule has 0 bridgehead atoms. The summed E-state index contributed by atoms with van der Waals surface area (Å²) in [6, 6.07) is 0. The third kappa shape index (κ3) is 4.36. The van der Waals surface area contributed by atoms with Crippen LogP contribution in [0.4, 0.5) is 0 Å². The zero-order valence-corrected chi connectivity index (χ0v) is 10.5. The van der Waals surface area contributed by atoms with Crippen molar-refractivity contribution in [2.24, 2.45) is 23.7 Å². The molecule has 0 aromatic rings. The third-order valence-electron chi connectivity index (χ3n) is 3.75. The lowest BCUT2D eigenvalue weighted by molar-refractivity contribution is -0.111. The fourth-order valence-electron chi connectivity index (χ4n) is 3.04. The lowest BCUT2D eigenvalue weighted by Gasteiger charge is -2.33. The molecule has 15 heavy (non-hydrogen) atoms. The quantitative estimate of drug-likeness (QED) is 0.625. The van der Waals surface area contributed by atoms with Gasteiger partial charge >= 0.3 is 0 Å². The minimum atomic E-state index is 0.266. The largest absolute Gasteiger partial charge is 0.303 e. The smallest absolute Gasteiger partial charge is 0.122 e. The number of rotatable bonds is 5. The van der Waals surface area contributed by atoms with Crippen molar-refractivity contribution >= 4 is 6.29 Å². The highest BCUT2D eigenvalue weighted by Crippen LogP contribution is 2.37. The van der Waals surface area contributed by atoms with Crippen LogP contribution in [0.25, 0.3) is 0 Å². The lowest BCUT2D eigenvalue weighted by atomic mass is 9.72. The van der Waals surface area contributed by atoms with Gasteiger partial charge in [-0.05, 0) is 30.6 Å². The van der Waals surface area contributed by atoms with Crippen molar-refractivity contribution in [2.75, 3.05) is 0 Å². The Hall–Kier alpha value is -0.330. The maximum atomic E-state index is 10.7. The molecule has 88 valence electrons. The zero-order chi connectivity index (χ0) is 11.3. The highest BCUT2D eigenvalue weighted by atomic mass is 16.1. The summed E-state index contributed by atoms with van der Waals surface area (Å²) < 4.78 is 0. The van der Waals surface area contributed by atoms with Gasteiger partial charge < -0.3 is 4.79 Å². The second-order valence-corrected chi connectivity index (χ2v) is 5.78. The Morgan fingerprint density at radius 1 is 1.07 bits per heavy atom. The molecule has 0 aromatic carbocycles. The summed E-state index contributed by atoms with van der Waals surface area (Å²) in [5.41, 5.74) is 0. The fraction of sp³-hybridized carbons (Fsp3) is 0.929. The Morgan fingerprint density at radius 2 is 1.60 bits per heavy atom. The minimum absolute atomic E-state index is 0.266. The van der Waals surface area contributed by atoms with Crippen molar-refractivity contribution in [1.29, 1.82) is 0 Å². The second kappa shape index (κ2) is 6.30. The monoisotopic (exact) mass is 210 g/mol. The van der Waals surface area contributed by atoms with E-state index in [0.29, 0.717) is 0 Å². The Balaban J connectivity index is 2.45. The van der Waals surface area contributed by atoms with Crippen molar-refractivity contribution in [3.8, 4) is 0 Å². The molecule has 1 rings (SSSR count). The van der Waals surface area contributed by atoms with Gasteiger partial charge in [-0.3, -0.25) is 0 Å². The molecule has 0 aromatic heterocycles. The van der Waals surface area contributed by atoms with E-state index in [-0.39, 0.29) is 5.92 Å². The van der Waals surface area contributed by atoms with Crippen molar-refractivity contribution in [3.05, 3.63) is 0 Å². The average molecular weight is 210 g/mol. The van der Waals surface area contributed by atoms with Crippen LogP contribution < -0.4 is 0 Å². The molecule has 1 heteroatoms. The predicted molar refractivity (Wildman–Crippen MR) is 64.7 cm³/mol. The van der Waals surface area contributed by atoms with E-state index in [2.05, 4.69) is 20.8 Å². The number of carbonyl (C=O) groups is 1. The van der Waals surface area contributed by atoms with Gasteiger partial charge in [-0.2, -0.15) is 0 Å². The molecule has 1 aliphatic carbocycles. The van der Waals surface area contributed by atoms with Gasteiger partial charge in [0.2, 0.25) is 0 Å². The molecule has 0 heterocycles. The molecule has 0 saturated heterocycles.